The van der Waals surface area contributed by atoms with Crippen molar-refractivity contribution in [3.63, 3.8) is 0 Å². The van der Waals surface area contributed by atoms with Crippen LogP contribution in [-0.4, -0.2) is 92.8 Å². The molecule has 0 bridgehead atoms. The number of rotatable bonds is 14. The first-order valence-electron chi connectivity index (χ1n) is 18.0. The number of benzene rings is 1. The number of nitrogens with zero attached hydrogens (tertiary/aromatic N) is 9. The number of hydrogen-bond acceptors (Lipinski definition) is 12. The van der Waals surface area contributed by atoms with E-state index in [0.717, 1.165) is 23.2 Å². The van der Waals surface area contributed by atoms with Crippen LogP contribution in [0.4, 0.5) is 0 Å². The van der Waals surface area contributed by atoms with E-state index in [-0.39, 0.29) is 41.7 Å². The minimum absolute atomic E-state index is 0.151. The van der Waals surface area contributed by atoms with Gasteiger partial charge in [-0.3, -0.25) is 4.79 Å². The number of carboxylic acid groups (broad SMARTS) is 1. The largest absolute Gasteiger partial charge is 0.476 e. The zero-order valence-corrected chi connectivity index (χ0v) is 36.7. The van der Waals surface area contributed by atoms with E-state index in [4.69, 9.17) is 9.47 Å². The SMILES string of the molecule is CSc1nc(C(=O)N2Cc3ccccc3C2)c2c(C#N)cn(COCC[Si](C)(C)C)c2n1.CSc1nc(C(=O)O)c2c(C#N)cn(COCC[Si](C)(C)C)c2n1. The first-order valence-corrected chi connectivity index (χ1v) is 27.9. The van der Waals surface area contributed by atoms with Crippen molar-refractivity contribution in [1.29, 1.82) is 10.5 Å². The third-order valence-corrected chi connectivity index (χ3v) is 13.5. The summed E-state index contributed by atoms with van der Waals surface area (Å²) in [6, 6.07) is 14.4. The van der Waals surface area contributed by atoms with Crippen molar-refractivity contribution < 1.29 is 24.2 Å². The monoisotopic (exact) mass is 829 g/mol. The summed E-state index contributed by atoms with van der Waals surface area (Å²) in [5, 5.41) is 30.1. The summed E-state index contributed by atoms with van der Waals surface area (Å²) in [7, 11) is -2.38. The highest BCUT2D eigenvalue weighted by molar-refractivity contribution is 7.98. The van der Waals surface area contributed by atoms with Crippen LogP contribution in [0.15, 0.2) is 47.0 Å². The molecule has 1 amide bonds. The van der Waals surface area contributed by atoms with Gasteiger partial charge in [-0.05, 0) is 35.7 Å². The summed E-state index contributed by atoms with van der Waals surface area (Å²) in [5.74, 6) is -1.36. The molecular weight excluding hydrogens is 783 g/mol. The molecule has 6 rings (SSSR count). The molecule has 1 N–H and O–H groups in total. The van der Waals surface area contributed by atoms with Gasteiger partial charge in [-0.25, -0.2) is 24.7 Å². The summed E-state index contributed by atoms with van der Waals surface area (Å²) >= 11 is 2.63. The van der Waals surface area contributed by atoms with Crippen LogP contribution in [0.5, 0.6) is 0 Å². The van der Waals surface area contributed by atoms with Gasteiger partial charge in [-0.15, -0.1) is 0 Å². The molecule has 0 unspecified atom stereocenters. The topological polar surface area (TPSA) is 185 Å². The van der Waals surface area contributed by atoms with Crippen molar-refractivity contribution in [2.24, 2.45) is 0 Å². The smallest absolute Gasteiger partial charge is 0.355 e. The van der Waals surface area contributed by atoms with Crippen molar-refractivity contribution in [3.05, 3.63) is 70.3 Å². The Labute approximate surface area is 337 Å². The van der Waals surface area contributed by atoms with E-state index in [0.29, 0.717) is 58.9 Å². The first-order chi connectivity index (χ1) is 26.6. The van der Waals surface area contributed by atoms with Crippen LogP contribution >= 0.6 is 23.5 Å². The Kier molecular flexibility index (Phi) is 13.8. The maximum absolute atomic E-state index is 13.5. The third-order valence-electron chi connectivity index (χ3n) is 8.98. The zero-order chi connectivity index (χ0) is 40.8. The van der Waals surface area contributed by atoms with Crippen molar-refractivity contribution in [3.8, 4) is 12.1 Å². The van der Waals surface area contributed by atoms with Crippen LogP contribution in [0.25, 0.3) is 22.1 Å². The lowest BCUT2D eigenvalue weighted by Crippen LogP contribution is -2.27. The first kappa shape index (κ1) is 42.6. The number of carboxylic acids is 1. The molecule has 5 aromatic rings. The average Bonchev–Trinajstić information content (AvgIpc) is 3.86. The molecule has 294 valence electrons. The second-order valence-corrected chi connectivity index (χ2v) is 28.5. The Hall–Kier alpha value is -4.57. The number of hydrogen-bond donors (Lipinski definition) is 1. The second kappa shape index (κ2) is 18.1. The van der Waals surface area contributed by atoms with Crippen LogP contribution in [0, 0.1) is 22.7 Å². The van der Waals surface area contributed by atoms with Crippen molar-refractivity contribution >= 4 is 73.6 Å². The van der Waals surface area contributed by atoms with Gasteiger partial charge in [0.05, 0.1) is 21.9 Å². The fraction of sp³-hybridized carbons (Fsp3) is 0.421. The minimum Gasteiger partial charge on any atom is -0.476 e. The molecule has 1 aliphatic heterocycles. The van der Waals surface area contributed by atoms with E-state index in [1.807, 2.05) is 41.2 Å². The standard InChI is InChI=1S/C23H27N5O2SSi.C15H20N4O3SSi/c1-31-23-25-20(22(29)27-12-16-7-5-6-8-17(16)13-27)19-18(11-24)14-28(21(19)26-23)15-30-9-10-32(2,3)4;1-23-15-17-12(14(20)21)11-10(7-16)8-19(13(11)18-15)9-22-5-6-24(2,3)4/h5-8,14H,9-10,12-13,15H2,1-4H3;8H,5-6,9H2,1-4H3,(H,20,21). The molecular formula is C38H47N9O5S2Si2. The van der Waals surface area contributed by atoms with Gasteiger partial charge in [0.1, 0.15) is 42.6 Å². The maximum atomic E-state index is 13.5. The highest BCUT2D eigenvalue weighted by Crippen LogP contribution is 2.30. The normalized spacial score (nSPS) is 12.6. The molecule has 0 spiro atoms. The zero-order valence-electron chi connectivity index (χ0n) is 33.0. The lowest BCUT2D eigenvalue weighted by molar-refractivity contribution is 0.0690. The fourth-order valence-electron chi connectivity index (χ4n) is 5.90. The van der Waals surface area contributed by atoms with E-state index < -0.39 is 22.1 Å². The van der Waals surface area contributed by atoms with Gasteiger partial charge in [0.25, 0.3) is 5.91 Å². The summed E-state index contributed by atoms with van der Waals surface area (Å²) in [6.45, 7) is 16.6. The van der Waals surface area contributed by atoms with E-state index in [9.17, 15) is 25.2 Å². The van der Waals surface area contributed by atoms with Crippen molar-refractivity contribution in [2.45, 2.75) is 88.2 Å². The molecule has 0 atom stereocenters. The molecule has 4 aromatic heterocycles. The molecule has 18 heteroatoms. The highest BCUT2D eigenvalue weighted by Gasteiger charge is 2.29. The Balaban J connectivity index is 0.000000224. The predicted octanol–water partition coefficient (Wildman–Crippen LogP) is 7.53. The Morgan fingerprint density at radius 1 is 0.750 bits per heavy atom. The average molecular weight is 830 g/mol. The predicted molar refractivity (Wildman–Crippen MR) is 223 cm³/mol. The molecule has 0 saturated carbocycles. The number of aromatic nitrogens is 6. The fourth-order valence-corrected chi connectivity index (χ4v) is 8.13. The minimum atomic E-state index is -1.20. The van der Waals surface area contributed by atoms with Gasteiger partial charge in [-0.2, -0.15) is 10.5 Å². The lowest BCUT2D eigenvalue weighted by Gasteiger charge is -2.17. The van der Waals surface area contributed by atoms with Crippen molar-refractivity contribution in [1.82, 2.24) is 34.0 Å². The van der Waals surface area contributed by atoms with Gasteiger partial charge in [0.15, 0.2) is 16.0 Å². The number of carbonyl (C=O) groups excluding carboxylic acids is 1. The van der Waals surface area contributed by atoms with Gasteiger partial charge in [-0.1, -0.05) is 87.1 Å². The number of fused-ring (bicyclic) bond motifs is 3. The Morgan fingerprint density at radius 3 is 1.57 bits per heavy atom. The highest BCUT2D eigenvalue weighted by atomic mass is 32.2. The molecule has 0 aliphatic carbocycles. The quantitative estimate of drug-likeness (QED) is 0.0502. The number of amides is 1. The number of thioether (sulfide) groups is 2. The number of carbonyl (C=O) groups is 2. The molecule has 1 aliphatic rings. The third kappa shape index (κ3) is 10.2. The molecule has 1 aromatic carbocycles. The van der Waals surface area contributed by atoms with Crippen LogP contribution in [0.1, 0.15) is 43.2 Å². The van der Waals surface area contributed by atoms with E-state index in [2.05, 4.69) is 65.3 Å². The van der Waals surface area contributed by atoms with Gasteiger partial charge in [0.2, 0.25) is 0 Å². The van der Waals surface area contributed by atoms with E-state index in [1.54, 1.807) is 28.1 Å². The molecule has 0 radical (unpaired) electrons. The lowest BCUT2D eigenvalue weighted by atomic mass is 10.1. The van der Waals surface area contributed by atoms with Crippen LogP contribution in [0.3, 0.4) is 0 Å². The molecule has 5 heterocycles. The van der Waals surface area contributed by atoms with Gasteiger partial charge in [0, 0.05) is 54.8 Å². The van der Waals surface area contributed by atoms with Crippen LogP contribution in [-0.2, 0) is 36.0 Å². The van der Waals surface area contributed by atoms with E-state index >= 15 is 0 Å². The van der Waals surface area contributed by atoms with Gasteiger partial charge < -0.3 is 28.6 Å². The number of aromatic carboxylic acids is 1. The van der Waals surface area contributed by atoms with Crippen LogP contribution in [0.2, 0.25) is 51.4 Å². The second-order valence-electron chi connectivity index (χ2n) is 15.7. The summed E-state index contributed by atoms with van der Waals surface area (Å²) in [5.41, 5.74) is 4.03. The molecule has 0 saturated heterocycles. The van der Waals surface area contributed by atoms with Gasteiger partial charge >= 0.3 is 5.97 Å². The molecule has 0 fully saturated rings. The Bertz CT molecular complexity index is 2310. The van der Waals surface area contributed by atoms with Crippen molar-refractivity contribution in [2.75, 3.05) is 25.7 Å². The summed E-state index contributed by atoms with van der Waals surface area (Å²) in [6.07, 6.45) is 6.94. The summed E-state index contributed by atoms with van der Waals surface area (Å²) < 4.78 is 15.1. The number of ether oxygens (including phenoxy) is 2. The van der Waals surface area contributed by atoms with E-state index in [1.165, 1.54) is 23.5 Å². The number of nitriles is 2. The molecule has 14 nitrogen and oxygen atoms in total. The summed E-state index contributed by atoms with van der Waals surface area (Å²) in [4.78, 5) is 44.3. The Morgan fingerprint density at radius 2 is 1.18 bits per heavy atom. The molecule has 56 heavy (non-hydrogen) atoms. The van der Waals surface area contributed by atoms with Crippen LogP contribution < -0.4 is 0 Å². The maximum Gasteiger partial charge on any atom is 0.355 e.